The second kappa shape index (κ2) is 3.88. The fourth-order valence-electron chi connectivity index (χ4n) is 0.0340. The van der Waals surface area contributed by atoms with Crippen molar-refractivity contribution in [1.82, 2.24) is 0 Å². The van der Waals surface area contributed by atoms with Gasteiger partial charge in [0.15, 0.2) is 13.6 Å². The molecule has 0 saturated heterocycles. The van der Waals surface area contributed by atoms with E-state index in [0.717, 1.165) is 0 Å². The molecule has 0 aromatic heterocycles. The Morgan fingerprint density at radius 1 is 1.20 bits per heavy atom. The predicted molar refractivity (Wildman–Crippen MR) is 12.2 cm³/mol. The molecular weight excluding hydrogens is 72.0 g/mol. The quantitative estimate of drug-likeness (QED) is 0.419. The molecule has 0 aromatic rings. The Morgan fingerprint density at radius 2 is 1.60 bits per heavy atom. The van der Waals surface area contributed by atoms with Crippen LogP contribution in [-0.2, 0) is 14.9 Å². The van der Waals surface area contributed by atoms with E-state index in [4.69, 9.17) is 10.2 Å². The third-order valence-corrected chi connectivity index (χ3v) is 0.167. The number of hydrogen-bond donors (Lipinski definition) is 0. The maximum absolute atomic E-state index is 9.11. The van der Waals surface area contributed by atoms with E-state index < -0.39 is 13.6 Å². The predicted octanol–water partition coefficient (Wildman–Crippen LogP) is -0.221. The van der Waals surface area contributed by atoms with Gasteiger partial charge in [-0.1, -0.05) is 0 Å². The van der Waals surface area contributed by atoms with Crippen molar-refractivity contribution >= 4 is 0 Å². The summed E-state index contributed by atoms with van der Waals surface area (Å²) in [5.74, 6) is 0. The fraction of sp³-hybridized carbons (Fsp3) is 1.00. The molecule has 0 aliphatic carbocycles. The second-order valence-corrected chi connectivity index (χ2v) is 0.440. The van der Waals surface area contributed by atoms with Crippen LogP contribution in [-0.4, -0.2) is 13.6 Å². The molecule has 2 radical (unpaired) electrons. The Morgan fingerprint density at radius 3 is 1.60 bits per heavy atom. The molecule has 0 amide bonds. The molecule has 0 rings (SSSR count). The summed E-state index contributed by atoms with van der Waals surface area (Å²) in [4.78, 5) is 0. The third-order valence-electron chi connectivity index (χ3n) is 0.167. The van der Waals surface area contributed by atoms with Gasteiger partial charge in [0.2, 0.25) is 0 Å². The Labute approximate surface area is 29.8 Å². The molecule has 0 fully saturated rings. The molecule has 0 aromatic carbocycles. The largest absolute Gasteiger partial charge is 0.323 e. The lowest BCUT2D eigenvalue weighted by atomic mass is 11.4. The van der Waals surface area contributed by atoms with Crippen molar-refractivity contribution in [2.24, 2.45) is 0 Å². The van der Waals surface area contributed by atoms with Crippen molar-refractivity contribution < 1.29 is 14.9 Å². The normalized spacial score (nSPS) is 8.40. The molecular formula is C2H4O3. The highest BCUT2D eigenvalue weighted by Gasteiger charge is 1.70. The van der Waals surface area contributed by atoms with Gasteiger partial charge in [-0.3, -0.25) is 0 Å². The highest BCUT2D eigenvalue weighted by atomic mass is 16.6. The van der Waals surface area contributed by atoms with E-state index in [1.165, 1.54) is 0 Å². The fourth-order valence-corrected chi connectivity index (χ4v) is 0.0340. The highest BCUT2D eigenvalue weighted by molar-refractivity contribution is 3.81. The minimum Gasteiger partial charge on any atom is -0.323 e. The van der Waals surface area contributed by atoms with E-state index in [9.17, 15) is 0 Å². The van der Waals surface area contributed by atoms with Crippen LogP contribution >= 0.6 is 0 Å². The molecule has 0 spiro atoms. The van der Waals surface area contributed by atoms with Gasteiger partial charge in [-0.15, -0.1) is 0 Å². The minimum absolute atomic E-state index is 0.719. The summed E-state index contributed by atoms with van der Waals surface area (Å²) in [6.07, 6.45) is 0. The van der Waals surface area contributed by atoms with Gasteiger partial charge in [0, 0.05) is 0 Å². The van der Waals surface area contributed by atoms with Crippen LogP contribution in [0.4, 0.5) is 0 Å². The number of hydrogen-bond acceptors (Lipinski definition) is 1. The summed E-state index contributed by atoms with van der Waals surface area (Å²) in [7, 11) is 0. The Balaban J connectivity index is 2.19. The van der Waals surface area contributed by atoms with Crippen LogP contribution in [0.1, 0.15) is 0 Å². The van der Waals surface area contributed by atoms with Gasteiger partial charge in [-0.2, -0.15) is 0 Å². The van der Waals surface area contributed by atoms with Gasteiger partial charge in [-0.05, 0) is 0 Å². The van der Waals surface area contributed by atoms with Crippen LogP contribution in [0.3, 0.4) is 0 Å². The molecule has 0 bridgehead atoms. The van der Waals surface area contributed by atoms with Crippen LogP contribution in [0.25, 0.3) is 0 Å². The van der Waals surface area contributed by atoms with Gasteiger partial charge in [0.1, 0.15) is 0 Å². The van der Waals surface area contributed by atoms with Gasteiger partial charge >= 0.3 is 0 Å². The third kappa shape index (κ3) is 3.88. The van der Waals surface area contributed by atoms with Crippen LogP contribution in [0, 0.1) is 0 Å². The average molecular weight is 76.1 g/mol. The minimum atomic E-state index is -0.719. The molecule has 0 saturated carbocycles. The first-order chi connectivity index (χ1) is 2.41. The van der Waals surface area contributed by atoms with Crippen LogP contribution < -0.4 is 0 Å². The summed E-state index contributed by atoms with van der Waals surface area (Å²) in [6.45, 7) is -1.44. The molecule has 5 heavy (non-hydrogen) atoms. The Kier molecular flexibility index (Phi) is 3.79. The van der Waals surface area contributed by atoms with Gasteiger partial charge in [0.25, 0.3) is 0 Å². The van der Waals surface area contributed by atoms with Gasteiger partial charge in [-0.25, -0.2) is 10.2 Å². The van der Waals surface area contributed by atoms with Crippen molar-refractivity contribution in [1.29, 1.82) is 0 Å². The molecule has 0 unspecified atom stereocenters. The van der Waals surface area contributed by atoms with E-state index in [1.54, 1.807) is 0 Å². The first-order valence-electron chi connectivity index (χ1n) is 1.15. The van der Waals surface area contributed by atoms with E-state index >= 15 is 0 Å². The summed E-state index contributed by atoms with van der Waals surface area (Å²) < 4.78 is 3.72. The van der Waals surface area contributed by atoms with Crippen molar-refractivity contribution in [2.75, 3.05) is 13.6 Å². The van der Waals surface area contributed by atoms with E-state index in [1.807, 2.05) is 0 Å². The first-order valence-corrected chi connectivity index (χ1v) is 1.15. The van der Waals surface area contributed by atoms with Crippen molar-refractivity contribution in [2.45, 2.75) is 0 Å². The van der Waals surface area contributed by atoms with Crippen molar-refractivity contribution in [3.8, 4) is 0 Å². The monoisotopic (exact) mass is 76.0 g/mol. The Hall–Kier alpha value is -0.120. The standard InChI is InChI=1S/C2H4O3/c3-1-5-2-4/h1-2H2. The maximum atomic E-state index is 9.11. The van der Waals surface area contributed by atoms with E-state index in [-0.39, 0.29) is 0 Å². The lowest BCUT2D eigenvalue weighted by Gasteiger charge is -1.80. The molecule has 0 atom stereocenters. The zero-order valence-electron chi connectivity index (χ0n) is 2.64. The highest BCUT2D eigenvalue weighted by Crippen LogP contribution is 1.59. The number of ether oxygens (including phenoxy) is 1. The zero-order chi connectivity index (χ0) is 4.12. The molecule has 0 aliphatic rings. The molecule has 0 heterocycles. The molecule has 3 heteroatoms. The van der Waals surface area contributed by atoms with Crippen LogP contribution in [0.2, 0.25) is 0 Å². The summed E-state index contributed by atoms with van der Waals surface area (Å²) >= 11 is 0. The summed E-state index contributed by atoms with van der Waals surface area (Å²) in [5.41, 5.74) is 0. The molecule has 0 N–H and O–H groups in total. The SMILES string of the molecule is [O]COC[O]. The van der Waals surface area contributed by atoms with Crippen molar-refractivity contribution in [3.63, 3.8) is 0 Å². The smallest absolute Gasteiger partial charge is 0.183 e. The van der Waals surface area contributed by atoms with Crippen LogP contribution in [0.15, 0.2) is 0 Å². The van der Waals surface area contributed by atoms with E-state index in [2.05, 4.69) is 4.74 Å². The van der Waals surface area contributed by atoms with Gasteiger partial charge < -0.3 is 4.74 Å². The second-order valence-electron chi connectivity index (χ2n) is 0.440. The maximum Gasteiger partial charge on any atom is 0.183 e. The van der Waals surface area contributed by atoms with E-state index in [0.29, 0.717) is 0 Å². The van der Waals surface area contributed by atoms with Crippen LogP contribution in [0.5, 0.6) is 0 Å². The molecule has 3 nitrogen and oxygen atoms in total. The summed E-state index contributed by atoms with van der Waals surface area (Å²) in [6, 6.07) is 0. The van der Waals surface area contributed by atoms with Crippen molar-refractivity contribution in [3.05, 3.63) is 0 Å². The molecule has 30 valence electrons. The molecule has 0 aliphatic heterocycles. The lowest BCUT2D eigenvalue weighted by Crippen LogP contribution is -1.88. The zero-order valence-corrected chi connectivity index (χ0v) is 2.64. The lowest BCUT2D eigenvalue weighted by molar-refractivity contribution is -0.126. The summed E-state index contributed by atoms with van der Waals surface area (Å²) in [5, 5.41) is 18.2. The van der Waals surface area contributed by atoms with Gasteiger partial charge in [0.05, 0.1) is 0 Å². The average Bonchev–Trinajstić information content (AvgIpc) is 1.41. The Bertz CT molecular complexity index is 12.4. The number of rotatable bonds is 2. The topological polar surface area (TPSA) is 49.0 Å². The first kappa shape index (κ1) is 4.88.